The van der Waals surface area contributed by atoms with E-state index in [0.717, 1.165) is 16.4 Å². The lowest BCUT2D eigenvalue weighted by molar-refractivity contribution is -0.116. The lowest BCUT2D eigenvalue weighted by Crippen LogP contribution is -2.43. The lowest BCUT2D eigenvalue weighted by Gasteiger charge is -2.27. The fourth-order valence-corrected chi connectivity index (χ4v) is 3.83. The van der Waals surface area contributed by atoms with Gasteiger partial charge in [-0.05, 0) is 44.5 Å². The monoisotopic (exact) mass is 369 g/mol. The molecular formula is C16H20FN3O4S. The number of aromatic nitrogens is 1. The van der Waals surface area contributed by atoms with E-state index < -0.39 is 27.8 Å². The Morgan fingerprint density at radius 2 is 2.00 bits per heavy atom. The molecule has 0 spiro atoms. The molecule has 0 radical (unpaired) electrons. The van der Waals surface area contributed by atoms with Crippen LogP contribution < -0.4 is 5.32 Å². The maximum absolute atomic E-state index is 13.1. The van der Waals surface area contributed by atoms with Crippen molar-refractivity contribution in [2.24, 2.45) is 0 Å². The molecular weight excluding hydrogens is 349 g/mol. The summed E-state index contributed by atoms with van der Waals surface area (Å²) in [5, 5.41) is 6.14. The number of aryl methyl sites for hydroxylation is 1. The summed E-state index contributed by atoms with van der Waals surface area (Å²) in [5.41, 5.74) is 0. The van der Waals surface area contributed by atoms with E-state index in [1.165, 1.54) is 18.2 Å². The summed E-state index contributed by atoms with van der Waals surface area (Å²) in [6.07, 6.45) is 0.511. The van der Waals surface area contributed by atoms with Crippen molar-refractivity contribution in [2.45, 2.75) is 38.1 Å². The van der Waals surface area contributed by atoms with Crippen LogP contribution in [-0.4, -0.2) is 36.4 Å². The number of hydrogen-bond donors (Lipinski definition) is 1. The summed E-state index contributed by atoms with van der Waals surface area (Å²) in [4.78, 5) is 12.2. The Morgan fingerprint density at radius 3 is 2.52 bits per heavy atom. The van der Waals surface area contributed by atoms with Crippen molar-refractivity contribution in [1.29, 1.82) is 0 Å². The first-order chi connectivity index (χ1) is 11.7. The van der Waals surface area contributed by atoms with E-state index in [1.54, 1.807) is 13.8 Å². The summed E-state index contributed by atoms with van der Waals surface area (Å²) >= 11 is 0. The van der Waals surface area contributed by atoms with Crippen molar-refractivity contribution in [3.63, 3.8) is 0 Å². The number of amides is 1. The third-order valence-electron chi connectivity index (χ3n) is 3.70. The zero-order chi connectivity index (χ0) is 18.6. The van der Waals surface area contributed by atoms with Crippen LogP contribution in [0.5, 0.6) is 0 Å². The molecule has 136 valence electrons. The molecule has 1 amide bonds. The van der Waals surface area contributed by atoms with Gasteiger partial charge in [0.15, 0.2) is 5.82 Å². The van der Waals surface area contributed by atoms with Crippen LogP contribution in [0.4, 0.5) is 10.2 Å². The third kappa shape index (κ3) is 4.64. The van der Waals surface area contributed by atoms with E-state index in [1.807, 2.05) is 6.92 Å². The van der Waals surface area contributed by atoms with Crippen LogP contribution in [0.15, 0.2) is 39.8 Å². The number of hydrogen-bond acceptors (Lipinski definition) is 5. The van der Waals surface area contributed by atoms with Gasteiger partial charge in [-0.15, -0.1) is 0 Å². The number of nitrogens with one attached hydrogen (secondary N) is 1. The Labute approximate surface area is 145 Å². The smallest absolute Gasteiger partial charge is 0.243 e. The SMILES string of the molecule is CCC(C)N(CC(=O)Nc1cc(C)on1)S(=O)(=O)c1ccc(F)cc1. The highest BCUT2D eigenvalue weighted by Crippen LogP contribution is 2.20. The van der Waals surface area contributed by atoms with Gasteiger partial charge in [0.05, 0.1) is 11.4 Å². The van der Waals surface area contributed by atoms with Gasteiger partial charge < -0.3 is 9.84 Å². The van der Waals surface area contributed by atoms with E-state index in [0.29, 0.717) is 12.2 Å². The summed E-state index contributed by atoms with van der Waals surface area (Å²) in [6, 6.07) is 5.61. The van der Waals surface area contributed by atoms with Gasteiger partial charge in [0.1, 0.15) is 11.6 Å². The number of nitrogens with zero attached hydrogens (tertiary/aromatic N) is 2. The molecule has 9 heteroatoms. The first-order valence-electron chi connectivity index (χ1n) is 7.74. The number of benzene rings is 1. The number of sulfonamides is 1. The fourth-order valence-electron chi connectivity index (χ4n) is 2.17. The first kappa shape index (κ1) is 19.1. The van der Waals surface area contributed by atoms with E-state index in [4.69, 9.17) is 4.52 Å². The average molecular weight is 369 g/mol. The lowest BCUT2D eigenvalue weighted by atomic mass is 10.2. The van der Waals surface area contributed by atoms with Crippen molar-refractivity contribution in [1.82, 2.24) is 9.46 Å². The highest BCUT2D eigenvalue weighted by atomic mass is 32.2. The summed E-state index contributed by atoms with van der Waals surface area (Å²) < 4.78 is 44.7. The van der Waals surface area contributed by atoms with Crippen LogP contribution in [0.2, 0.25) is 0 Å². The minimum atomic E-state index is -3.95. The van der Waals surface area contributed by atoms with Gasteiger partial charge in [-0.3, -0.25) is 4.79 Å². The minimum Gasteiger partial charge on any atom is -0.360 e. The molecule has 0 aliphatic heterocycles. The highest BCUT2D eigenvalue weighted by Gasteiger charge is 2.30. The predicted octanol–water partition coefficient (Wildman–Crippen LogP) is 2.55. The van der Waals surface area contributed by atoms with Crippen LogP contribution in [0.3, 0.4) is 0 Å². The van der Waals surface area contributed by atoms with Crippen molar-refractivity contribution >= 4 is 21.7 Å². The Balaban J connectivity index is 2.23. The summed E-state index contributed by atoms with van der Waals surface area (Å²) in [7, 11) is -3.95. The number of carbonyl (C=O) groups is 1. The van der Waals surface area contributed by atoms with Crippen LogP contribution in [0, 0.1) is 12.7 Å². The van der Waals surface area contributed by atoms with Gasteiger partial charge in [0.2, 0.25) is 15.9 Å². The molecule has 0 fully saturated rings. The Bertz CT molecular complexity index is 833. The van der Waals surface area contributed by atoms with Gasteiger partial charge in [-0.2, -0.15) is 4.31 Å². The average Bonchev–Trinajstić information content (AvgIpc) is 2.97. The molecule has 2 aromatic rings. The molecule has 0 saturated carbocycles. The molecule has 0 saturated heterocycles. The minimum absolute atomic E-state index is 0.0701. The molecule has 0 bridgehead atoms. The molecule has 25 heavy (non-hydrogen) atoms. The van der Waals surface area contributed by atoms with Crippen molar-refractivity contribution < 1.29 is 22.1 Å². The molecule has 1 aromatic heterocycles. The number of rotatable bonds is 7. The number of halogens is 1. The van der Waals surface area contributed by atoms with Crippen molar-refractivity contribution in [3.05, 3.63) is 41.9 Å². The van der Waals surface area contributed by atoms with Gasteiger partial charge in [-0.25, -0.2) is 12.8 Å². The predicted molar refractivity (Wildman–Crippen MR) is 89.9 cm³/mol. The van der Waals surface area contributed by atoms with Crippen LogP contribution in [0.25, 0.3) is 0 Å². The first-order valence-corrected chi connectivity index (χ1v) is 9.18. The van der Waals surface area contributed by atoms with Gasteiger partial charge >= 0.3 is 0 Å². The molecule has 1 aromatic carbocycles. The molecule has 1 N–H and O–H groups in total. The zero-order valence-corrected chi connectivity index (χ0v) is 15.0. The quantitative estimate of drug-likeness (QED) is 0.810. The molecule has 2 rings (SSSR count). The second-order valence-corrected chi connectivity index (χ2v) is 7.52. The second-order valence-electron chi connectivity index (χ2n) is 5.63. The second kappa shape index (κ2) is 7.75. The van der Waals surface area contributed by atoms with Gasteiger partial charge in [0, 0.05) is 12.1 Å². The molecule has 1 unspecified atom stereocenters. The van der Waals surface area contributed by atoms with Gasteiger partial charge in [-0.1, -0.05) is 12.1 Å². The Hall–Kier alpha value is -2.26. The largest absolute Gasteiger partial charge is 0.360 e. The van der Waals surface area contributed by atoms with Crippen LogP contribution in [-0.2, 0) is 14.8 Å². The molecule has 7 nitrogen and oxygen atoms in total. The van der Waals surface area contributed by atoms with E-state index in [-0.39, 0.29) is 17.3 Å². The van der Waals surface area contributed by atoms with Crippen LogP contribution >= 0.6 is 0 Å². The molecule has 1 heterocycles. The maximum atomic E-state index is 13.1. The van der Waals surface area contributed by atoms with Gasteiger partial charge in [0.25, 0.3) is 0 Å². The normalized spacial score (nSPS) is 13.0. The fraction of sp³-hybridized carbons (Fsp3) is 0.375. The molecule has 0 aliphatic carbocycles. The Kier molecular flexibility index (Phi) is 5.91. The Morgan fingerprint density at radius 1 is 1.36 bits per heavy atom. The van der Waals surface area contributed by atoms with Crippen molar-refractivity contribution in [2.75, 3.05) is 11.9 Å². The molecule has 1 atom stereocenters. The zero-order valence-electron chi connectivity index (χ0n) is 14.2. The summed E-state index contributed by atoms with van der Waals surface area (Å²) in [6.45, 7) is 4.80. The van der Waals surface area contributed by atoms with Crippen molar-refractivity contribution in [3.8, 4) is 0 Å². The number of anilines is 1. The highest BCUT2D eigenvalue weighted by molar-refractivity contribution is 7.89. The topological polar surface area (TPSA) is 92.5 Å². The molecule has 0 aliphatic rings. The summed E-state index contributed by atoms with van der Waals surface area (Å²) in [5.74, 6) is -0.341. The van der Waals surface area contributed by atoms with E-state index >= 15 is 0 Å². The van der Waals surface area contributed by atoms with Crippen LogP contribution in [0.1, 0.15) is 26.0 Å². The van der Waals surface area contributed by atoms with E-state index in [9.17, 15) is 17.6 Å². The standard InChI is InChI=1S/C16H20FN3O4S/c1-4-11(2)20(10-16(21)18-15-9-12(3)24-19-15)25(22,23)14-7-5-13(17)6-8-14/h5-9,11H,4,10H2,1-3H3,(H,18,19,21). The maximum Gasteiger partial charge on any atom is 0.243 e. The number of carbonyl (C=O) groups excluding carboxylic acids is 1. The third-order valence-corrected chi connectivity index (χ3v) is 5.67. The van der Waals surface area contributed by atoms with E-state index in [2.05, 4.69) is 10.5 Å².